The summed E-state index contributed by atoms with van der Waals surface area (Å²) in [5, 5.41) is 6.34. The number of nitrogens with one attached hydrogen (secondary N) is 2. The van der Waals surface area contributed by atoms with Gasteiger partial charge in [-0.25, -0.2) is 17.7 Å². The molecular weight excluding hydrogens is 595 g/mol. The molecule has 0 bridgehead atoms. The van der Waals surface area contributed by atoms with Gasteiger partial charge in [-0.15, -0.1) is 0 Å². The van der Waals surface area contributed by atoms with Crippen LogP contribution in [-0.4, -0.2) is 75.0 Å². The number of likely N-dealkylation sites (tertiary alicyclic amines) is 1. The molecule has 2 heterocycles. The van der Waals surface area contributed by atoms with E-state index in [2.05, 4.69) is 55.1 Å². The van der Waals surface area contributed by atoms with Gasteiger partial charge in [0.15, 0.2) is 0 Å². The summed E-state index contributed by atoms with van der Waals surface area (Å²) >= 11 is 2.10. The molecule has 1 atom stereocenters. The van der Waals surface area contributed by atoms with E-state index in [1.54, 1.807) is 37.6 Å². The van der Waals surface area contributed by atoms with Crippen LogP contribution in [0.5, 0.6) is 11.5 Å². The van der Waals surface area contributed by atoms with Crippen molar-refractivity contribution >= 4 is 55.8 Å². The van der Waals surface area contributed by atoms with E-state index in [1.807, 2.05) is 18.2 Å². The molecule has 2 aromatic carbocycles. The number of methoxy groups -OCH3 is 1. The predicted molar refractivity (Wildman–Crippen MR) is 148 cm³/mol. The standard InChI is InChI=1S/C24H29IN6O4S/c1-30(2)36(32,33)22-8-6-5-7-20(22)27-23-18(25)14-26-24(29-23)28-19-10-9-16(13-21(19)34-4)35-17-11-12-31(3)15-17/h5-10,13-14,17H,11-12,15H2,1-4H3,(H2,26,27,28,29)/t17-/m1/s1. The molecule has 0 unspecified atom stereocenters. The molecule has 1 aliphatic heterocycles. The van der Waals surface area contributed by atoms with Gasteiger partial charge in [0, 0.05) is 39.4 Å². The summed E-state index contributed by atoms with van der Waals surface area (Å²) in [5.41, 5.74) is 1.10. The highest BCUT2D eigenvalue weighted by atomic mass is 127. The second-order valence-electron chi connectivity index (χ2n) is 8.58. The molecule has 0 aliphatic carbocycles. The van der Waals surface area contributed by atoms with Gasteiger partial charge in [-0.1, -0.05) is 12.1 Å². The Bertz CT molecular complexity index is 1340. The van der Waals surface area contributed by atoms with E-state index in [1.165, 1.54) is 18.4 Å². The molecule has 0 amide bonds. The van der Waals surface area contributed by atoms with Gasteiger partial charge < -0.3 is 25.0 Å². The maximum absolute atomic E-state index is 12.8. The minimum absolute atomic E-state index is 0.157. The van der Waals surface area contributed by atoms with E-state index in [0.29, 0.717) is 28.9 Å². The summed E-state index contributed by atoms with van der Waals surface area (Å²) in [7, 11) is 3.03. The number of rotatable bonds is 9. The average molecular weight is 625 g/mol. The Balaban J connectivity index is 1.56. The van der Waals surface area contributed by atoms with Gasteiger partial charge in [0.05, 0.1) is 22.1 Å². The molecule has 1 fully saturated rings. The van der Waals surface area contributed by atoms with Crippen LogP contribution in [-0.2, 0) is 10.0 Å². The molecule has 192 valence electrons. The minimum Gasteiger partial charge on any atom is -0.494 e. The summed E-state index contributed by atoms with van der Waals surface area (Å²) < 4.78 is 39.1. The monoisotopic (exact) mass is 624 g/mol. The SMILES string of the molecule is COc1cc(O[C@@H]2CCN(C)C2)ccc1Nc1ncc(I)c(Nc2ccccc2S(=O)(=O)N(C)C)n1. The average Bonchev–Trinajstić information content (AvgIpc) is 3.26. The zero-order chi connectivity index (χ0) is 25.9. The summed E-state index contributed by atoms with van der Waals surface area (Å²) in [6, 6.07) is 12.3. The summed E-state index contributed by atoms with van der Waals surface area (Å²) in [5.74, 6) is 2.13. The number of likely N-dealkylation sites (N-methyl/N-ethyl adjacent to an activating group) is 1. The Kier molecular flexibility index (Phi) is 8.17. The van der Waals surface area contributed by atoms with Gasteiger partial charge >= 0.3 is 0 Å². The maximum atomic E-state index is 12.8. The molecule has 0 radical (unpaired) electrons. The normalized spacial score (nSPS) is 16.2. The van der Waals surface area contributed by atoms with Crippen LogP contribution in [0.25, 0.3) is 0 Å². The van der Waals surface area contributed by atoms with Crippen molar-refractivity contribution in [2.24, 2.45) is 0 Å². The van der Waals surface area contributed by atoms with Crippen molar-refractivity contribution in [3.05, 3.63) is 52.2 Å². The number of benzene rings is 2. The Morgan fingerprint density at radius 3 is 2.61 bits per heavy atom. The Hall–Kier alpha value is -2.68. The fourth-order valence-electron chi connectivity index (χ4n) is 3.79. The van der Waals surface area contributed by atoms with E-state index in [4.69, 9.17) is 9.47 Å². The largest absolute Gasteiger partial charge is 0.494 e. The molecule has 12 heteroatoms. The fourth-order valence-corrected chi connectivity index (χ4v) is 5.22. The predicted octanol–water partition coefficient (Wildman–Crippen LogP) is 3.91. The van der Waals surface area contributed by atoms with Crippen molar-refractivity contribution in [3.8, 4) is 11.5 Å². The van der Waals surface area contributed by atoms with Crippen molar-refractivity contribution in [1.29, 1.82) is 0 Å². The highest BCUT2D eigenvalue weighted by Gasteiger charge is 2.23. The number of hydrogen-bond donors (Lipinski definition) is 2. The van der Waals surface area contributed by atoms with Gasteiger partial charge in [0.2, 0.25) is 16.0 Å². The van der Waals surface area contributed by atoms with Crippen LogP contribution in [0, 0.1) is 3.57 Å². The third-order valence-corrected chi connectivity index (χ3v) is 8.38. The summed E-state index contributed by atoms with van der Waals surface area (Å²) in [6.07, 6.45) is 2.80. The number of anilines is 4. The Morgan fingerprint density at radius 1 is 1.14 bits per heavy atom. The third-order valence-electron chi connectivity index (χ3n) is 5.71. The number of nitrogens with zero attached hydrogens (tertiary/aromatic N) is 4. The van der Waals surface area contributed by atoms with Crippen LogP contribution in [0.4, 0.5) is 23.1 Å². The fraction of sp³-hybridized carbons (Fsp3) is 0.333. The first kappa shape index (κ1) is 26.4. The lowest BCUT2D eigenvalue weighted by molar-refractivity contribution is 0.207. The first-order chi connectivity index (χ1) is 17.2. The zero-order valence-electron chi connectivity index (χ0n) is 20.5. The number of aromatic nitrogens is 2. The van der Waals surface area contributed by atoms with Crippen LogP contribution in [0.1, 0.15) is 6.42 Å². The zero-order valence-corrected chi connectivity index (χ0v) is 23.5. The summed E-state index contributed by atoms with van der Waals surface area (Å²) in [6.45, 7) is 1.92. The lowest BCUT2D eigenvalue weighted by Gasteiger charge is -2.17. The molecule has 0 spiro atoms. The van der Waals surface area contributed by atoms with Crippen molar-refractivity contribution in [2.45, 2.75) is 17.4 Å². The van der Waals surface area contributed by atoms with E-state index in [9.17, 15) is 8.42 Å². The molecule has 4 rings (SSSR count). The molecule has 2 N–H and O–H groups in total. The third kappa shape index (κ3) is 5.99. The Morgan fingerprint density at radius 2 is 1.92 bits per heavy atom. The number of sulfonamides is 1. The van der Waals surface area contributed by atoms with Gasteiger partial charge in [0.1, 0.15) is 28.3 Å². The van der Waals surface area contributed by atoms with Gasteiger partial charge in [0.25, 0.3) is 0 Å². The highest BCUT2D eigenvalue weighted by molar-refractivity contribution is 14.1. The van der Waals surface area contributed by atoms with Crippen molar-refractivity contribution in [1.82, 2.24) is 19.2 Å². The molecule has 3 aromatic rings. The van der Waals surface area contributed by atoms with E-state index in [0.717, 1.165) is 28.8 Å². The topological polar surface area (TPSA) is 109 Å². The second-order valence-corrected chi connectivity index (χ2v) is 11.9. The number of hydrogen-bond acceptors (Lipinski definition) is 9. The first-order valence-electron chi connectivity index (χ1n) is 11.3. The molecule has 1 aromatic heterocycles. The summed E-state index contributed by atoms with van der Waals surface area (Å²) in [4.78, 5) is 11.4. The number of para-hydroxylation sites is 1. The van der Waals surface area contributed by atoms with Crippen LogP contribution in [0.15, 0.2) is 53.6 Å². The lowest BCUT2D eigenvalue weighted by Crippen LogP contribution is -2.23. The second kappa shape index (κ2) is 11.2. The highest BCUT2D eigenvalue weighted by Crippen LogP contribution is 2.33. The smallest absolute Gasteiger partial charge is 0.244 e. The van der Waals surface area contributed by atoms with E-state index in [-0.39, 0.29) is 11.0 Å². The molecule has 1 saturated heterocycles. The van der Waals surface area contributed by atoms with Crippen LogP contribution in [0.3, 0.4) is 0 Å². The maximum Gasteiger partial charge on any atom is 0.244 e. The molecular formula is C24H29IN6O4S. The van der Waals surface area contributed by atoms with Gasteiger partial charge in [-0.3, -0.25) is 0 Å². The van der Waals surface area contributed by atoms with Gasteiger partial charge in [-0.05, 0) is 60.3 Å². The Labute approximate surface area is 225 Å². The minimum atomic E-state index is -3.65. The molecule has 10 nitrogen and oxygen atoms in total. The van der Waals surface area contributed by atoms with E-state index < -0.39 is 10.0 Å². The number of halogens is 1. The van der Waals surface area contributed by atoms with Crippen molar-refractivity contribution < 1.29 is 17.9 Å². The number of ether oxygens (including phenoxy) is 2. The lowest BCUT2D eigenvalue weighted by atomic mass is 10.2. The first-order valence-corrected chi connectivity index (χ1v) is 13.8. The van der Waals surface area contributed by atoms with E-state index >= 15 is 0 Å². The molecule has 1 aliphatic rings. The quantitative estimate of drug-likeness (QED) is 0.343. The van der Waals surface area contributed by atoms with Gasteiger partial charge in [-0.2, -0.15) is 4.98 Å². The van der Waals surface area contributed by atoms with Crippen LogP contribution >= 0.6 is 22.6 Å². The van der Waals surface area contributed by atoms with Crippen molar-refractivity contribution in [2.75, 3.05) is 52.0 Å². The van der Waals surface area contributed by atoms with Crippen molar-refractivity contribution in [3.63, 3.8) is 0 Å². The van der Waals surface area contributed by atoms with Crippen LogP contribution < -0.4 is 20.1 Å². The molecule has 36 heavy (non-hydrogen) atoms. The van der Waals surface area contributed by atoms with Crippen LogP contribution in [0.2, 0.25) is 0 Å². The molecule has 0 saturated carbocycles.